The third-order valence-corrected chi connectivity index (χ3v) is 12.3. The summed E-state index contributed by atoms with van der Waals surface area (Å²) in [6, 6.07) is 22.1. The van der Waals surface area contributed by atoms with Gasteiger partial charge in [-0.3, -0.25) is 29.0 Å². The van der Waals surface area contributed by atoms with Crippen LogP contribution in [0.15, 0.2) is 84.4 Å². The zero-order chi connectivity index (χ0) is 35.6. The number of anilines is 1. The van der Waals surface area contributed by atoms with Gasteiger partial charge in [0.15, 0.2) is 0 Å². The zero-order valence-corrected chi connectivity index (χ0v) is 29.2. The molecule has 2 aliphatic carbocycles. The second kappa shape index (κ2) is 12.7. The standard InChI is InChI=1S/C41H43N3O7/c1-41-31(38(47)44(40(41)49)25-12-8-5-9-13-25)22-30-28(36(41)35-32(45)20-27(50-2)21-33(35)51-3)14-15-29-34(30)39(48)43(37(29)46)26-16-18-42(19-17-26)23-24-10-6-4-7-11-24/h4-14,20-21,26,29-31,34,36,45H,15-19,22-23H2,1-3H3/t29-,30+,31-,34-,36+,41+/m0/s1. The van der Waals surface area contributed by atoms with Crippen molar-refractivity contribution in [3.63, 3.8) is 0 Å². The molecule has 0 bridgehead atoms. The Labute approximate surface area is 297 Å². The zero-order valence-electron chi connectivity index (χ0n) is 29.2. The van der Waals surface area contributed by atoms with E-state index in [9.17, 15) is 24.3 Å². The molecule has 3 heterocycles. The maximum Gasteiger partial charge on any atom is 0.241 e. The van der Waals surface area contributed by atoms with Crippen LogP contribution in [-0.4, -0.2) is 71.9 Å². The number of carbonyl (C=O) groups is 4. The molecule has 10 heteroatoms. The lowest BCUT2D eigenvalue weighted by atomic mass is 9.51. The van der Waals surface area contributed by atoms with Gasteiger partial charge in [-0.05, 0) is 56.2 Å². The predicted molar refractivity (Wildman–Crippen MR) is 189 cm³/mol. The molecule has 10 nitrogen and oxygen atoms in total. The molecule has 0 unspecified atom stereocenters. The molecule has 0 radical (unpaired) electrons. The molecule has 51 heavy (non-hydrogen) atoms. The maximum absolute atomic E-state index is 14.7. The highest BCUT2D eigenvalue weighted by Crippen LogP contribution is 2.65. The molecule has 0 spiro atoms. The maximum atomic E-state index is 14.7. The van der Waals surface area contributed by atoms with Crippen LogP contribution >= 0.6 is 0 Å². The number of benzene rings is 3. The van der Waals surface area contributed by atoms with Crippen molar-refractivity contribution in [2.75, 3.05) is 32.2 Å². The summed E-state index contributed by atoms with van der Waals surface area (Å²) in [5.74, 6) is -3.76. The average Bonchev–Trinajstić information content (AvgIpc) is 3.52. The van der Waals surface area contributed by atoms with Crippen molar-refractivity contribution >= 4 is 29.3 Å². The first kappa shape index (κ1) is 33.2. The fraction of sp³-hybridized carbons (Fsp3) is 0.415. The molecule has 5 aliphatic rings. The number of hydrogen-bond donors (Lipinski definition) is 1. The summed E-state index contributed by atoms with van der Waals surface area (Å²) in [7, 11) is 2.98. The van der Waals surface area contributed by atoms with Gasteiger partial charge in [0.1, 0.15) is 17.2 Å². The lowest BCUT2D eigenvalue weighted by Gasteiger charge is -2.49. The fourth-order valence-corrected chi connectivity index (χ4v) is 9.87. The molecular weight excluding hydrogens is 646 g/mol. The first-order valence-corrected chi connectivity index (χ1v) is 17.9. The van der Waals surface area contributed by atoms with E-state index in [1.165, 1.54) is 35.6 Å². The number of fused-ring (bicyclic) bond motifs is 4. The van der Waals surface area contributed by atoms with Crippen LogP contribution in [-0.2, 0) is 25.7 Å². The Morgan fingerprint density at radius 1 is 0.843 bits per heavy atom. The van der Waals surface area contributed by atoms with Gasteiger partial charge in [0.25, 0.3) is 0 Å². The lowest BCUT2D eigenvalue weighted by molar-refractivity contribution is -0.144. The highest BCUT2D eigenvalue weighted by Gasteiger charge is 2.68. The van der Waals surface area contributed by atoms with Gasteiger partial charge in [0.05, 0.1) is 43.1 Å². The predicted octanol–water partition coefficient (Wildman–Crippen LogP) is 5.30. The van der Waals surface area contributed by atoms with Gasteiger partial charge in [0.2, 0.25) is 23.6 Å². The van der Waals surface area contributed by atoms with Crippen LogP contribution in [0.25, 0.3) is 0 Å². The van der Waals surface area contributed by atoms with E-state index in [1.807, 2.05) is 30.3 Å². The molecule has 3 saturated heterocycles. The Kier molecular flexibility index (Phi) is 8.25. The first-order valence-electron chi connectivity index (χ1n) is 17.9. The van der Waals surface area contributed by atoms with Gasteiger partial charge in [-0.25, -0.2) is 4.90 Å². The van der Waals surface area contributed by atoms with Gasteiger partial charge < -0.3 is 14.6 Å². The van der Waals surface area contributed by atoms with Gasteiger partial charge in [0, 0.05) is 49.3 Å². The van der Waals surface area contributed by atoms with E-state index in [0.717, 1.165) is 25.2 Å². The highest BCUT2D eigenvalue weighted by atomic mass is 16.5. The molecule has 6 atom stereocenters. The molecule has 3 aromatic rings. The Morgan fingerprint density at radius 3 is 2.20 bits per heavy atom. The molecular formula is C41H43N3O7. The van der Waals surface area contributed by atoms with Gasteiger partial charge in [-0.2, -0.15) is 0 Å². The molecule has 3 aliphatic heterocycles. The number of piperidine rings is 1. The third-order valence-electron chi connectivity index (χ3n) is 12.3. The van der Waals surface area contributed by atoms with E-state index in [1.54, 1.807) is 37.3 Å². The quantitative estimate of drug-likeness (QED) is 0.263. The smallest absolute Gasteiger partial charge is 0.241 e. The fourth-order valence-electron chi connectivity index (χ4n) is 9.87. The summed E-state index contributed by atoms with van der Waals surface area (Å²) in [6.07, 6.45) is 3.99. The number of imide groups is 2. The van der Waals surface area contributed by atoms with E-state index < -0.39 is 35.0 Å². The minimum atomic E-state index is -1.31. The number of phenolic OH excluding ortho intramolecular Hbond substituents is 1. The summed E-state index contributed by atoms with van der Waals surface area (Å²) >= 11 is 0. The van der Waals surface area contributed by atoms with Crippen LogP contribution in [0.2, 0.25) is 0 Å². The molecule has 4 amide bonds. The van der Waals surface area contributed by atoms with Crippen LogP contribution in [0.3, 0.4) is 0 Å². The molecule has 4 fully saturated rings. The molecule has 1 saturated carbocycles. The SMILES string of the molecule is COc1cc(O)c([C@H]2C3=CC[C@@H]4C(=O)N(C5CCN(Cc6ccccc6)CC5)C(=O)[C@@H]4[C@@H]3C[C@H]3C(=O)N(c4ccccc4)C(=O)[C@@]23C)c(OC)c1. The summed E-state index contributed by atoms with van der Waals surface area (Å²) < 4.78 is 11.3. The third kappa shape index (κ3) is 5.09. The second-order valence-electron chi connectivity index (χ2n) is 14.8. The largest absolute Gasteiger partial charge is 0.507 e. The van der Waals surface area contributed by atoms with Crippen molar-refractivity contribution in [3.05, 3.63) is 95.6 Å². The summed E-state index contributed by atoms with van der Waals surface area (Å²) in [6.45, 7) is 4.19. The lowest BCUT2D eigenvalue weighted by Crippen LogP contribution is -2.49. The van der Waals surface area contributed by atoms with E-state index in [2.05, 4.69) is 17.0 Å². The summed E-state index contributed by atoms with van der Waals surface area (Å²) in [4.78, 5) is 63.1. The number of amides is 4. The second-order valence-corrected chi connectivity index (χ2v) is 14.8. The van der Waals surface area contributed by atoms with Crippen molar-refractivity contribution < 1.29 is 33.8 Å². The van der Waals surface area contributed by atoms with Crippen molar-refractivity contribution in [3.8, 4) is 17.2 Å². The van der Waals surface area contributed by atoms with Gasteiger partial charge >= 0.3 is 0 Å². The number of rotatable bonds is 7. The minimum absolute atomic E-state index is 0.129. The number of methoxy groups -OCH3 is 2. The van der Waals surface area contributed by atoms with Crippen molar-refractivity contribution in [2.45, 2.75) is 51.1 Å². The molecule has 3 aromatic carbocycles. The van der Waals surface area contributed by atoms with E-state index >= 15 is 0 Å². The summed E-state index contributed by atoms with van der Waals surface area (Å²) in [5.41, 5.74) is 1.57. The number of aromatic hydroxyl groups is 1. The van der Waals surface area contributed by atoms with Crippen molar-refractivity contribution in [2.24, 2.45) is 29.1 Å². The number of likely N-dealkylation sites (tertiary alicyclic amines) is 2. The molecule has 264 valence electrons. The van der Waals surface area contributed by atoms with E-state index in [-0.39, 0.29) is 41.8 Å². The topological polar surface area (TPSA) is 117 Å². The van der Waals surface area contributed by atoms with Crippen LogP contribution < -0.4 is 14.4 Å². The van der Waals surface area contributed by atoms with Crippen LogP contribution in [0.5, 0.6) is 17.2 Å². The van der Waals surface area contributed by atoms with E-state index in [0.29, 0.717) is 42.0 Å². The number of allylic oxidation sites excluding steroid dienone is 2. The van der Waals surface area contributed by atoms with Gasteiger partial charge in [-0.1, -0.05) is 60.2 Å². The Morgan fingerprint density at radius 2 is 1.53 bits per heavy atom. The monoisotopic (exact) mass is 689 g/mol. The molecule has 0 aromatic heterocycles. The van der Waals surface area contributed by atoms with Crippen LogP contribution in [0, 0.1) is 29.1 Å². The van der Waals surface area contributed by atoms with Crippen molar-refractivity contribution in [1.29, 1.82) is 0 Å². The van der Waals surface area contributed by atoms with Crippen LogP contribution in [0.4, 0.5) is 5.69 Å². The van der Waals surface area contributed by atoms with Crippen LogP contribution in [0.1, 0.15) is 49.7 Å². The number of hydrogen-bond acceptors (Lipinski definition) is 8. The number of para-hydroxylation sites is 1. The number of ether oxygens (including phenoxy) is 2. The Balaban J connectivity index is 1.16. The molecule has 1 N–H and O–H groups in total. The average molecular weight is 690 g/mol. The molecule has 8 rings (SSSR count). The van der Waals surface area contributed by atoms with Crippen molar-refractivity contribution in [1.82, 2.24) is 9.80 Å². The number of phenols is 1. The van der Waals surface area contributed by atoms with Gasteiger partial charge in [-0.15, -0.1) is 0 Å². The highest BCUT2D eigenvalue weighted by molar-refractivity contribution is 6.24. The van der Waals surface area contributed by atoms with E-state index in [4.69, 9.17) is 9.47 Å². The first-order chi connectivity index (χ1) is 24.7. The number of carbonyl (C=O) groups excluding carboxylic acids is 4. The minimum Gasteiger partial charge on any atom is -0.507 e. The Hall–Kier alpha value is -4.96. The summed E-state index contributed by atoms with van der Waals surface area (Å²) in [5, 5.41) is 11.6. The number of nitrogens with zero attached hydrogens (tertiary/aromatic N) is 3. The normalized spacial score (nSPS) is 29.5. The Bertz CT molecular complexity index is 1920.